The van der Waals surface area contributed by atoms with E-state index in [1.807, 2.05) is 0 Å². The molecule has 19 heavy (non-hydrogen) atoms. The lowest BCUT2D eigenvalue weighted by Crippen LogP contribution is -2.52. The minimum atomic E-state index is 0.845. The first-order valence-corrected chi connectivity index (χ1v) is 9.00. The summed E-state index contributed by atoms with van der Waals surface area (Å²) in [4.78, 5) is 0. The van der Waals surface area contributed by atoms with Gasteiger partial charge in [0.1, 0.15) is 0 Å². The van der Waals surface area contributed by atoms with Gasteiger partial charge in [-0.25, -0.2) is 0 Å². The summed E-state index contributed by atoms with van der Waals surface area (Å²) in [7, 11) is 2.24. The van der Waals surface area contributed by atoms with Gasteiger partial charge >= 0.3 is 0 Å². The second-order valence-corrected chi connectivity index (χ2v) is 8.29. The standard InChI is InChI=1S/C18H31N/c1-19-17(11-12-4-2-3-5-12)18-15-7-13-6-14(9-15)10-16(18)8-13/h12-19H,2-11H2,1H3. The quantitative estimate of drug-likeness (QED) is 0.798. The Morgan fingerprint density at radius 2 is 1.47 bits per heavy atom. The lowest BCUT2D eigenvalue weighted by atomic mass is 9.50. The van der Waals surface area contributed by atoms with Gasteiger partial charge < -0.3 is 5.32 Å². The first kappa shape index (κ1) is 12.7. The molecule has 0 aromatic rings. The van der Waals surface area contributed by atoms with Gasteiger partial charge in [0, 0.05) is 6.04 Å². The van der Waals surface area contributed by atoms with Gasteiger partial charge in [-0.15, -0.1) is 0 Å². The summed E-state index contributed by atoms with van der Waals surface area (Å²) < 4.78 is 0. The molecule has 0 amide bonds. The van der Waals surface area contributed by atoms with Crippen molar-refractivity contribution < 1.29 is 0 Å². The Labute approximate surface area is 118 Å². The van der Waals surface area contributed by atoms with Crippen molar-refractivity contribution in [2.75, 3.05) is 7.05 Å². The van der Waals surface area contributed by atoms with Gasteiger partial charge in [-0.05, 0) is 81.1 Å². The second-order valence-electron chi connectivity index (χ2n) is 8.29. The summed E-state index contributed by atoms with van der Waals surface area (Å²) in [6.45, 7) is 0. The maximum Gasteiger partial charge on any atom is 0.0100 e. The second kappa shape index (κ2) is 5.06. The molecule has 1 heteroatoms. The van der Waals surface area contributed by atoms with E-state index in [9.17, 15) is 0 Å². The summed E-state index contributed by atoms with van der Waals surface area (Å²) in [6, 6.07) is 0.845. The molecule has 0 spiro atoms. The van der Waals surface area contributed by atoms with Crippen LogP contribution in [0, 0.1) is 35.5 Å². The molecule has 1 N–H and O–H groups in total. The normalized spacial score (nSPS) is 46.9. The number of hydrogen-bond acceptors (Lipinski definition) is 1. The SMILES string of the molecule is CNC(CC1CCCC1)C1C2CC3CC(C2)CC1C3. The van der Waals surface area contributed by atoms with E-state index in [1.54, 1.807) is 32.1 Å². The molecule has 0 radical (unpaired) electrons. The molecule has 5 saturated carbocycles. The van der Waals surface area contributed by atoms with Crippen LogP contribution in [0.3, 0.4) is 0 Å². The topological polar surface area (TPSA) is 12.0 Å². The Hall–Kier alpha value is -0.0400. The Bertz CT molecular complexity index is 290. The molecular formula is C18H31N. The zero-order valence-electron chi connectivity index (χ0n) is 12.6. The Morgan fingerprint density at radius 1 is 0.895 bits per heavy atom. The third-order valence-electron chi connectivity index (χ3n) is 7.20. The van der Waals surface area contributed by atoms with Crippen LogP contribution in [0.2, 0.25) is 0 Å². The molecule has 1 atom stereocenters. The fourth-order valence-corrected chi connectivity index (χ4v) is 6.70. The molecule has 108 valence electrons. The summed E-state index contributed by atoms with van der Waals surface area (Å²) in [5.41, 5.74) is 0. The lowest BCUT2D eigenvalue weighted by molar-refractivity contribution is -0.0538. The van der Waals surface area contributed by atoms with Crippen molar-refractivity contribution in [1.82, 2.24) is 5.32 Å². The van der Waals surface area contributed by atoms with Gasteiger partial charge in [0.15, 0.2) is 0 Å². The van der Waals surface area contributed by atoms with Crippen LogP contribution in [-0.2, 0) is 0 Å². The summed E-state index contributed by atoms with van der Waals surface area (Å²) in [6.07, 6.45) is 15.5. The summed E-state index contributed by atoms with van der Waals surface area (Å²) in [5, 5.41) is 3.76. The smallest absolute Gasteiger partial charge is 0.0100 e. The van der Waals surface area contributed by atoms with Gasteiger partial charge in [0.2, 0.25) is 0 Å². The predicted molar refractivity (Wildman–Crippen MR) is 80.0 cm³/mol. The molecule has 0 aromatic heterocycles. The monoisotopic (exact) mass is 261 g/mol. The molecule has 5 fully saturated rings. The van der Waals surface area contributed by atoms with E-state index in [2.05, 4.69) is 12.4 Å². The first-order chi connectivity index (χ1) is 9.33. The van der Waals surface area contributed by atoms with E-state index in [0.717, 1.165) is 41.5 Å². The zero-order valence-corrected chi connectivity index (χ0v) is 12.6. The molecule has 0 aromatic carbocycles. The van der Waals surface area contributed by atoms with Crippen molar-refractivity contribution in [2.24, 2.45) is 35.5 Å². The Kier molecular flexibility index (Phi) is 3.38. The molecule has 0 aliphatic heterocycles. The van der Waals surface area contributed by atoms with Crippen LogP contribution in [0.15, 0.2) is 0 Å². The van der Waals surface area contributed by atoms with E-state index in [-0.39, 0.29) is 0 Å². The molecule has 0 saturated heterocycles. The average molecular weight is 261 g/mol. The molecule has 1 nitrogen and oxygen atoms in total. The van der Waals surface area contributed by atoms with Crippen LogP contribution in [-0.4, -0.2) is 13.1 Å². The van der Waals surface area contributed by atoms with E-state index in [0.29, 0.717) is 0 Å². The van der Waals surface area contributed by atoms with Crippen LogP contribution in [0.5, 0.6) is 0 Å². The number of hydrogen-bond donors (Lipinski definition) is 1. The molecule has 5 aliphatic rings. The highest BCUT2D eigenvalue weighted by atomic mass is 14.9. The van der Waals surface area contributed by atoms with Crippen molar-refractivity contribution in [3.8, 4) is 0 Å². The highest BCUT2D eigenvalue weighted by Crippen LogP contribution is 2.57. The van der Waals surface area contributed by atoms with Gasteiger partial charge in [0.05, 0.1) is 0 Å². The predicted octanol–water partition coefficient (Wildman–Crippen LogP) is 4.23. The molecular weight excluding hydrogens is 230 g/mol. The van der Waals surface area contributed by atoms with Crippen molar-refractivity contribution in [2.45, 2.75) is 70.3 Å². The third kappa shape index (κ3) is 2.26. The van der Waals surface area contributed by atoms with E-state index < -0.39 is 0 Å². The maximum absolute atomic E-state index is 3.76. The molecule has 4 bridgehead atoms. The Morgan fingerprint density at radius 3 is 2.00 bits per heavy atom. The number of nitrogens with one attached hydrogen (secondary N) is 1. The highest BCUT2D eigenvalue weighted by molar-refractivity contribution is 5.01. The minimum absolute atomic E-state index is 0.845. The van der Waals surface area contributed by atoms with Crippen LogP contribution in [0.4, 0.5) is 0 Å². The summed E-state index contributed by atoms with van der Waals surface area (Å²) >= 11 is 0. The molecule has 5 rings (SSSR count). The van der Waals surface area contributed by atoms with E-state index >= 15 is 0 Å². The lowest BCUT2D eigenvalue weighted by Gasteiger charge is -2.56. The van der Waals surface area contributed by atoms with Crippen LogP contribution >= 0.6 is 0 Å². The summed E-state index contributed by atoms with van der Waals surface area (Å²) in [5.74, 6) is 6.53. The van der Waals surface area contributed by atoms with E-state index in [4.69, 9.17) is 0 Å². The van der Waals surface area contributed by atoms with Crippen molar-refractivity contribution in [1.29, 1.82) is 0 Å². The van der Waals surface area contributed by atoms with Gasteiger partial charge in [-0.2, -0.15) is 0 Å². The fraction of sp³-hybridized carbons (Fsp3) is 1.00. The maximum atomic E-state index is 3.76. The number of rotatable bonds is 4. The van der Waals surface area contributed by atoms with Gasteiger partial charge in [-0.1, -0.05) is 25.7 Å². The first-order valence-electron chi connectivity index (χ1n) is 9.00. The Balaban J connectivity index is 1.47. The van der Waals surface area contributed by atoms with Gasteiger partial charge in [0.25, 0.3) is 0 Å². The van der Waals surface area contributed by atoms with E-state index in [1.165, 1.54) is 32.1 Å². The van der Waals surface area contributed by atoms with Crippen molar-refractivity contribution in [3.05, 3.63) is 0 Å². The highest BCUT2D eigenvalue weighted by Gasteiger charge is 2.50. The van der Waals surface area contributed by atoms with Crippen molar-refractivity contribution in [3.63, 3.8) is 0 Å². The van der Waals surface area contributed by atoms with Crippen molar-refractivity contribution >= 4 is 0 Å². The van der Waals surface area contributed by atoms with Crippen LogP contribution in [0.1, 0.15) is 64.2 Å². The fourth-order valence-electron chi connectivity index (χ4n) is 6.70. The van der Waals surface area contributed by atoms with Crippen LogP contribution in [0.25, 0.3) is 0 Å². The average Bonchev–Trinajstić information content (AvgIpc) is 2.89. The van der Waals surface area contributed by atoms with Crippen LogP contribution < -0.4 is 5.32 Å². The molecule has 1 unspecified atom stereocenters. The minimum Gasteiger partial charge on any atom is -0.317 e. The van der Waals surface area contributed by atoms with Gasteiger partial charge in [-0.3, -0.25) is 0 Å². The molecule has 5 aliphatic carbocycles. The molecule has 0 heterocycles. The third-order valence-corrected chi connectivity index (χ3v) is 7.20. The zero-order chi connectivity index (χ0) is 12.8. The largest absolute Gasteiger partial charge is 0.317 e.